The monoisotopic (exact) mass is 674 g/mol. The number of benzene rings is 3. The van der Waals surface area contributed by atoms with Crippen LogP contribution in [0.15, 0.2) is 67.0 Å². The summed E-state index contributed by atoms with van der Waals surface area (Å²) in [6.07, 6.45) is -0.0308. The molecule has 49 heavy (non-hydrogen) atoms. The van der Waals surface area contributed by atoms with E-state index in [2.05, 4.69) is 42.0 Å². The van der Waals surface area contributed by atoms with Gasteiger partial charge in [-0.3, -0.25) is 9.59 Å². The highest BCUT2D eigenvalue weighted by atomic mass is 19.4. The van der Waals surface area contributed by atoms with Gasteiger partial charge in [0.25, 0.3) is 0 Å². The number of amides is 1. The molecule has 5 rings (SSSR count). The fourth-order valence-corrected chi connectivity index (χ4v) is 6.05. The van der Waals surface area contributed by atoms with E-state index in [-0.39, 0.29) is 38.0 Å². The van der Waals surface area contributed by atoms with Crippen LogP contribution in [0.2, 0.25) is 0 Å². The molecule has 0 spiro atoms. The number of carbonyl (C=O) groups is 2. The molecule has 0 aliphatic carbocycles. The first-order valence-electron chi connectivity index (χ1n) is 16.4. The first kappa shape index (κ1) is 35.4. The Morgan fingerprint density at radius 2 is 1.76 bits per heavy atom. The number of rotatable bonds is 13. The third kappa shape index (κ3) is 8.95. The lowest BCUT2D eigenvalue weighted by molar-refractivity contribution is -0.138. The maximum absolute atomic E-state index is 13.8. The highest BCUT2D eigenvalue weighted by Crippen LogP contribution is 2.36. The third-order valence-electron chi connectivity index (χ3n) is 8.59. The Kier molecular flexibility index (Phi) is 10.9. The third-order valence-corrected chi connectivity index (χ3v) is 8.59. The molecule has 4 aromatic rings. The summed E-state index contributed by atoms with van der Waals surface area (Å²) in [7, 11) is 0. The van der Waals surface area contributed by atoms with E-state index >= 15 is 0 Å². The van der Waals surface area contributed by atoms with Crippen molar-refractivity contribution in [3.05, 3.63) is 100 Å². The molecule has 3 aromatic carbocycles. The van der Waals surface area contributed by atoms with Crippen molar-refractivity contribution in [3.8, 4) is 16.9 Å². The second-order valence-corrected chi connectivity index (χ2v) is 12.8. The summed E-state index contributed by atoms with van der Waals surface area (Å²) in [6, 6.07) is 16.3. The Labute approximate surface area is 284 Å². The van der Waals surface area contributed by atoms with Gasteiger partial charge in [-0.25, -0.2) is 9.97 Å². The van der Waals surface area contributed by atoms with Gasteiger partial charge in [-0.15, -0.1) is 0 Å². The number of anilines is 2. The van der Waals surface area contributed by atoms with Crippen LogP contribution in [-0.2, 0) is 28.9 Å². The summed E-state index contributed by atoms with van der Waals surface area (Å²) in [4.78, 5) is 36.3. The van der Waals surface area contributed by atoms with Gasteiger partial charge in [0, 0.05) is 38.2 Å². The minimum absolute atomic E-state index is 0.0346. The van der Waals surface area contributed by atoms with Crippen LogP contribution in [0.3, 0.4) is 0 Å². The van der Waals surface area contributed by atoms with Crippen molar-refractivity contribution in [1.29, 1.82) is 0 Å². The summed E-state index contributed by atoms with van der Waals surface area (Å²) in [5, 5.41) is 8.90. The Hall–Kier alpha value is -4.93. The molecule has 1 aliphatic heterocycles. The molecular formula is C38H41F3N4O4. The summed E-state index contributed by atoms with van der Waals surface area (Å²) < 4.78 is 47.2. The lowest BCUT2D eigenvalue weighted by Crippen LogP contribution is -2.26. The normalized spacial score (nSPS) is 13.3. The van der Waals surface area contributed by atoms with Crippen molar-refractivity contribution in [2.24, 2.45) is 0 Å². The van der Waals surface area contributed by atoms with E-state index in [1.807, 2.05) is 30.0 Å². The average Bonchev–Trinajstić information content (AvgIpc) is 3.48. The van der Waals surface area contributed by atoms with E-state index in [0.717, 1.165) is 46.5 Å². The largest absolute Gasteiger partial charge is 0.490 e. The first-order valence-corrected chi connectivity index (χ1v) is 16.4. The number of ether oxygens (including phenoxy) is 1. The van der Waals surface area contributed by atoms with Gasteiger partial charge in [-0.05, 0) is 90.3 Å². The van der Waals surface area contributed by atoms with Gasteiger partial charge < -0.3 is 19.6 Å². The first-order chi connectivity index (χ1) is 23.3. The van der Waals surface area contributed by atoms with Crippen molar-refractivity contribution in [2.45, 2.75) is 78.6 Å². The number of aliphatic carboxylic acids is 1. The van der Waals surface area contributed by atoms with Crippen molar-refractivity contribution in [3.63, 3.8) is 0 Å². The standard InChI is InChI=1S/C38H41F3N4O4/c1-24(2)28-10-9-26(4)34(19-28)33-12-11-31(45-13-5-7-35(45)46)18-29(33)23-44(22-27-15-25(3)16-30(17-27)38(39,40)41)37-42-20-32(21-43-37)49-14-6-8-36(47)48/h9-12,15-21,24H,5-8,13-14,22-23H2,1-4H3,(H,47,48). The SMILES string of the molecule is Cc1cc(CN(Cc2cc(N3CCCC3=O)ccc2-c2cc(C(C)C)ccc2C)c2ncc(OCCCC(=O)O)cn2)cc(C(F)(F)F)c1. The zero-order valence-corrected chi connectivity index (χ0v) is 28.2. The number of hydrogen-bond acceptors (Lipinski definition) is 6. The second kappa shape index (κ2) is 15.1. The fraction of sp³-hybridized carbons (Fsp3) is 0.368. The van der Waals surface area contributed by atoms with Gasteiger partial charge in [0.05, 0.1) is 24.6 Å². The van der Waals surface area contributed by atoms with Crippen LogP contribution in [0.1, 0.15) is 78.8 Å². The molecule has 0 unspecified atom stereocenters. The number of carboxylic acid groups (broad SMARTS) is 1. The van der Waals surface area contributed by atoms with Crippen LogP contribution in [0.5, 0.6) is 5.75 Å². The van der Waals surface area contributed by atoms with Gasteiger partial charge in [-0.2, -0.15) is 13.2 Å². The molecular weight excluding hydrogens is 633 g/mol. The van der Waals surface area contributed by atoms with E-state index in [1.165, 1.54) is 18.0 Å². The molecule has 2 heterocycles. The molecule has 0 atom stereocenters. The molecule has 1 aliphatic rings. The van der Waals surface area contributed by atoms with E-state index < -0.39 is 17.7 Å². The molecule has 1 aromatic heterocycles. The summed E-state index contributed by atoms with van der Waals surface area (Å²) in [5.41, 5.74) is 6.02. The zero-order valence-electron chi connectivity index (χ0n) is 28.2. The Balaban J connectivity index is 1.58. The minimum Gasteiger partial charge on any atom is -0.490 e. The number of aryl methyl sites for hydroxylation is 2. The van der Waals surface area contributed by atoms with Gasteiger partial charge in [0.1, 0.15) is 0 Å². The highest BCUT2D eigenvalue weighted by Gasteiger charge is 2.31. The van der Waals surface area contributed by atoms with E-state index in [0.29, 0.717) is 42.2 Å². The Bertz CT molecular complexity index is 1810. The maximum atomic E-state index is 13.8. The lowest BCUT2D eigenvalue weighted by atomic mass is 9.91. The molecule has 1 saturated heterocycles. The number of carboxylic acids is 1. The smallest absolute Gasteiger partial charge is 0.416 e. The Morgan fingerprint density at radius 3 is 2.41 bits per heavy atom. The van der Waals surface area contributed by atoms with Crippen molar-refractivity contribution in [1.82, 2.24) is 9.97 Å². The zero-order chi connectivity index (χ0) is 35.3. The van der Waals surface area contributed by atoms with E-state index in [4.69, 9.17) is 9.84 Å². The molecule has 0 radical (unpaired) electrons. The van der Waals surface area contributed by atoms with Crippen LogP contribution in [-0.4, -0.2) is 40.1 Å². The average molecular weight is 675 g/mol. The predicted molar refractivity (Wildman–Crippen MR) is 183 cm³/mol. The van der Waals surface area contributed by atoms with E-state index in [9.17, 15) is 22.8 Å². The number of halogens is 3. The number of aromatic nitrogens is 2. The molecule has 8 nitrogen and oxygen atoms in total. The van der Waals surface area contributed by atoms with Crippen LogP contribution < -0.4 is 14.5 Å². The highest BCUT2D eigenvalue weighted by molar-refractivity contribution is 5.95. The Morgan fingerprint density at radius 1 is 1.00 bits per heavy atom. The fourth-order valence-electron chi connectivity index (χ4n) is 6.05. The van der Waals surface area contributed by atoms with Gasteiger partial charge >= 0.3 is 12.1 Å². The van der Waals surface area contributed by atoms with Crippen LogP contribution in [0, 0.1) is 13.8 Å². The molecule has 258 valence electrons. The molecule has 1 amide bonds. The molecule has 1 fully saturated rings. The molecule has 11 heteroatoms. The van der Waals surface area contributed by atoms with Crippen LogP contribution >= 0.6 is 0 Å². The molecule has 0 bridgehead atoms. The molecule has 0 saturated carbocycles. The predicted octanol–water partition coefficient (Wildman–Crippen LogP) is 8.48. The minimum atomic E-state index is -4.51. The van der Waals surface area contributed by atoms with Crippen molar-refractivity contribution in [2.75, 3.05) is 23.0 Å². The second-order valence-electron chi connectivity index (χ2n) is 12.8. The quantitative estimate of drug-likeness (QED) is 0.142. The van der Waals surface area contributed by atoms with Crippen molar-refractivity contribution < 1.29 is 32.6 Å². The summed E-state index contributed by atoms with van der Waals surface area (Å²) in [6.45, 7) is 9.02. The van der Waals surface area contributed by atoms with E-state index in [1.54, 1.807) is 17.9 Å². The number of carbonyl (C=O) groups excluding carboxylic acids is 1. The number of nitrogens with zero attached hydrogens (tertiary/aromatic N) is 4. The maximum Gasteiger partial charge on any atom is 0.416 e. The number of alkyl halides is 3. The topological polar surface area (TPSA) is 95.9 Å². The lowest BCUT2D eigenvalue weighted by Gasteiger charge is -2.27. The van der Waals surface area contributed by atoms with Gasteiger partial charge in [0.15, 0.2) is 5.75 Å². The molecule has 1 N–H and O–H groups in total. The van der Waals surface area contributed by atoms with Crippen molar-refractivity contribution >= 4 is 23.5 Å². The van der Waals surface area contributed by atoms with Crippen LogP contribution in [0.25, 0.3) is 11.1 Å². The summed E-state index contributed by atoms with van der Waals surface area (Å²) >= 11 is 0. The number of hydrogen-bond donors (Lipinski definition) is 1. The van der Waals surface area contributed by atoms with Crippen LogP contribution in [0.4, 0.5) is 24.8 Å². The van der Waals surface area contributed by atoms with Gasteiger partial charge in [-0.1, -0.05) is 49.7 Å². The van der Waals surface area contributed by atoms with Gasteiger partial charge in [0.2, 0.25) is 11.9 Å². The summed E-state index contributed by atoms with van der Waals surface area (Å²) in [5.74, 6) is 0.0485.